The maximum atomic E-state index is 13.6. The van der Waals surface area contributed by atoms with E-state index in [9.17, 15) is 17.6 Å². The number of aryl methyl sites for hydroxylation is 1. The van der Waals surface area contributed by atoms with Gasteiger partial charge in [-0.15, -0.1) is 0 Å². The van der Waals surface area contributed by atoms with Crippen LogP contribution in [0.2, 0.25) is 5.02 Å². The van der Waals surface area contributed by atoms with Crippen molar-refractivity contribution in [3.8, 4) is 0 Å². The number of sulfonamides is 1. The molecule has 154 valence electrons. The van der Waals surface area contributed by atoms with Gasteiger partial charge in [0.15, 0.2) is 0 Å². The summed E-state index contributed by atoms with van der Waals surface area (Å²) in [6.45, 7) is 2.27. The molecular weight excluding hydrogens is 419 g/mol. The Morgan fingerprint density at radius 1 is 1.14 bits per heavy atom. The lowest BCUT2D eigenvalue weighted by atomic mass is 10.0. The third kappa shape index (κ3) is 3.72. The number of halogens is 2. The molecule has 0 atom stereocenters. The van der Waals surface area contributed by atoms with Gasteiger partial charge < -0.3 is 4.74 Å². The highest BCUT2D eigenvalue weighted by molar-refractivity contribution is 7.89. The topological polar surface area (TPSA) is 66.9 Å². The van der Waals surface area contributed by atoms with Crippen molar-refractivity contribution in [1.29, 1.82) is 0 Å². The smallest absolute Gasteiger partial charge is 0.414 e. The lowest BCUT2D eigenvalue weighted by Crippen LogP contribution is -2.50. The van der Waals surface area contributed by atoms with Crippen LogP contribution in [0.15, 0.2) is 41.3 Å². The third-order valence-corrected chi connectivity index (χ3v) is 7.68. The number of carbonyl (C=O) groups excluding carboxylic acids is 1. The third-order valence-electron chi connectivity index (χ3n) is 5.41. The van der Waals surface area contributed by atoms with Gasteiger partial charge in [0.2, 0.25) is 10.0 Å². The van der Waals surface area contributed by atoms with E-state index in [4.69, 9.17) is 16.3 Å². The van der Waals surface area contributed by atoms with Gasteiger partial charge in [0.05, 0.1) is 10.6 Å². The number of nitrogens with zero attached hydrogens (tertiary/aromatic N) is 2. The normalized spacial score (nSPS) is 18.4. The fourth-order valence-electron chi connectivity index (χ4n) is 3.89. The summed E-state index contributed by atoms with van der Waals surface area (Å²) in [5, 5.41) is 0.563. The number of carbonyl (C=O) groups is 1. The first-order valence-electron chi connectivity index (χ1n) is 9.28. The standard InChI is InChI=1S/C20H20ClFN2O4S/c1-13-2-4-16(22)11-19(13)29(26,27)23-8-6-17(7-9-23)24-18-5-3-15(21)10-14(18)12-28-20(24)25/h2-5,10-11,17H,6-9,12H2,1H3. The van der Waals surface area contributed by atoms with Crippen LogP contribution in [-0.4, -0.2) is 37.9 Å². The average Bonchev–Trinajstić information content (AvgIpc) is 2.70. The zero-order valence-electron chi connectivity index (χ0n) is 15.8. The molecule has 0 saturated carbocycles. The molecule has 4 rings (SSSR count). The molecule has 6 nitrogen and oxygen atoms in total. The van der Waals surface area contributed by atoms with Crippen LogP contribution in [0.3, 0.4) is 0 Å². The Hall–Kier alpha value is -2.16. The quantitative estimate of drug-likeness (QED) is 0.723. The van der Waals surface area contributed by atoms with Crippen molar-refractivity contribution >= 4 is 33.4 Å². The number of ether oxygens (including phenoxy) is 1. The molecule has 0 aromatic heterocycles. The van der Waals surface area contributed by atoms with Crippen LogP contribution in [0, 0.1) is 12.7 Å². The van der Waals surface area contributed by atoms with E-state index < -0.39 is 21.9 Å². The van der Waals surface area contributed by atoms with Crippen molar-refractivity contribution in [3.63, 3.8) is 0 Å². The molecule has 0 radical (unpaired) electrons. The Morgan fingerprint density at radius 2 is 1.86 bits per heavy atom. The van der Waals surface area contributed by atoms with E-state index in [1.165, 1.54) is 16.4 Å². The lowest BCUT2D eigenvalue weighted by Gasteiger charge is -2.39. The minimum absolute atomic E-state index is 0.0201. The van der Waals surface area contributed by atoms with Crippen LogP contribution in [0.5, 0.6) is 0 Å². The summed E-state index contributed by atoms with van der Waals surface area (Å²) in [6.07, 6.45) is 0.456. The summed E-state index contributed by atoms with van der Waals surface area (Å²) < 4.78 is 46.2. The SMILES string of the molecule is Cc1ccc(F)cc1S(=O)(=O)N1CCC(N2C(=O)OCc3cc(Cl)ccc32)CC1. The number of hydrogen-bond acceptors (Lipinski definition) is 4. The Kier molecular flexibility index (Phi) is 5.27. The first kappa shape index (κ1) is 20.1. The number of fused-ring (bicyclic) bond motifs is 1. The minimum Gasteiger partial charge on any atom is -0.444 e. The number of hydrogen-bond donors (Lipinski definition) is 0. The number of piperidine rings is 1. The predicted molar refractivity (Wildman–Crippen MR) is 107 cm³/mol. The fraction of sp³-hybridized carbons (Fsp3) is 0.350. The van der Waals surface area contributed by atoms with Crippen molar-refractivity contribution in [2.75, 3.05) is 18.0 Å². The van der Waals surface area contributed by atoms with Crippen molar-refractivity contribution in [2.24, 2.45) is 0 Å². The fourth-order valence-corrected chi connectivity index (χ4v) is 5.79. The Balaban J connectivity index is 1.54. The van der Waals surface area contributed by atoms with Crippen molar-refractivity contribution in [2.45, 2.75) is 37.3 Å². The predicted octanol–water partition coefficient (Wildman–Crippen LogP) is 4.10. The van der Waals surface area contributed by atoms with Crippen LogP contribution in [0.1, 0.15) is 24.0 Å². The summed E-state index contributed by atoms with van der Waals surface area (Å²) in [5.74, 6) is -0.588. The molecule has 2 aliphatic heterocycles. The number of anilines is 1. The van der Waals surface area contributed by atoms with Gasteiger partial charge in [0.1, 0.15) is 12.4 Å². The molecule has 29 heavy (non-hydrogen) atoms. The molecule has 9 heteroatoms. The number of benzene rings is 2. The maximum absolute atomic E-state index is 13.6. The monoisotopic (exact) mass is 438 g/mol. The van der Waals surface area contributed by atoms with E-state index >= 15 is 0 Å². The van der Waals surface area contributed by atoms with Crippen LogP contribution in [0.25, 0.3) is 0 Å². The van der Waals surface area contributed by atoms with E-state index in [-0.39, 0.29) is 30.6 Å². The van der Waals surface area contributed by atoms with E-state index in [1.54, 1.807) is 30.0 Å². The van der Waals surface area contributed by atoms with Gasteiger partial charge >= 0.3 is 6.09 Å². The summed E-state index contributed by atoms with van der Waals surface area (Å²) >= 11 is 6.04. The highest BCUT2D eigenvalue weighted by Crippen LogP contribution is 2.34. The number of cyclic esters (lactones) is 1. The second kappa shape index (κ2) is 7.59. The van der Waals surface area contributed by atoms with Crippen molar-refractivity contribution < 1.29 is 22.3 Å². The minimum atomic E-state index is -3.81. The van der Waals surface area contributed by atoms with E-state index in [0.717, 1.165) is 17.3 Å². The highest BCUT2D eigenvalue weighted by atomic mass is 35.5. The van der Waals surface area contributed by atoms with Gasteiger partial charge in [0.25, 0.3) is 0 Å². The molecule has 1 fully saturated rings. The molecular formula is C20H20ClFN2O4S. The Morgan fingerprint density at radius 3 is 2.59 bits per heavy atom. The van der Waals surface area contributed by atoms with E-state index in [2.05, 4.69) is 0 Å². The highest BCUT2D eigenvalue weighted by Gasteiger charge is 2.37. The van der Waals surface area contributed by atoms with Gasteiger partial charge in [0, 0.05) is 29.7 Å². The molecule has 1 amide bonds. The maximum Gasteiger partial charge on any atom is 0.414 e. The zero-order chi connectivity index (χ0) is 20.8. The second-order valence-corrected chi connectivity index (χ2v) is 9.59. The van der Waals surface area contributed by atoms with Crippen LogP contribution in [0.4, 0.5) is 14.9 Å². The molecule has 0 aliphatic carbocycles. The molecule has 0 bridgehead atoms. The summed E-state index contributed by atoms with van der Waals surface area (Å²) in [5.41, 5.74) is 2.06. The number of rotatable bonds is 3. The first-order chi connectivity index (χ1) is 13.8. The van der Waals surface area contributed by atoms with Gasteiger partial charge in [-0.3, -0.25) is 4.90 Å². The largest absolute Gasteiger partial charge is 0.444 e. The van der Waals surface area contributed by atoms with Crippen LogP contribution in [-0.2, 0) is 21.4 Å². The molecule has 2 aliphatic rings. The van der Waals surface area contributed by atoms with Crippen molar-refractivity contribution in [3.05, 3.63) is 58.4 Å². The zero-order valence-corrected chi connectivity index (χ0v) is 17.3. The Labute approximate surface area is 173 Å². The molecule has 0 N–H and O–H groups in total. The van der Waals surface area contributed by atoms with Crippen LogP contribution < -0.4 is 4.90 Å². The van der Waals surface area contributed by atoms with Gasteiger partial charge in [-0.25, -0.2) is 17.6 Å². The molecule has 2 aromatic carbocycles. The van der Waals surface area contributed by atoms with Crippen molar-refractivity contribution in [1.82, 2.24) is 4.31 Å². The molecule has 0 unspecified atom stereocenters. The number of amides is 1. The van der Waals surface area contributed by atoms with Crippen LogP contribution >= 0.6 is 11.6 Å². The average molecular weight is 439 g/mol. The van der Waals surface area contributed by atoms with E-state index in [0.29, 0.717) is 23.4 Å². The molecule has 1 saturated heterocycles. The molecule has 2 aromatic rings. The summed E-state index contributed by atoms with van der Waals surface area (Å²) in [4.78, 5) is 14.0. The van der Waals surface area contributed by atoms with Gasteiger partial charge in [-0.2, -0.15) is 4.31 Å². The van der Waals surface area contributed by atoms with Gasteiger partial charge in [-0.05, 0) is 55.7 Å². The lowest BCUT2D eigenvalue weighted by molar-refractivity contribution is 0.136. The molecule has 0 spiro atoms. The second-order valence-electron chi connectivity index (χ2n) is 7.24. The summed E-state index contributed by atoms with van der Waals surface area (Å²) in [6, 6.07) is 8.84. The summed E-state index contributed by atoms with van der Waals surface area (Å²) in [7, 11) is -3.81. The Bertz CT molecular complexity index is 1070. The van der Waals surface area contributed by atoms with E-state index in [1.807, 2.05) is 0 Å². The molecule has 2 heterocycles. The first-order valence-corrected chi connectivity index (χ1v) is 11.1. The van der Waals surface area contributed by atoms with Gasteiger partial charge in [-0.1, -0.05) is 17.7 Å².